The third-order valence-corrected chi connectivity index (χ3v) is 8.55. The number of nitrogens with two attached hydrogens (primary N) is 1. The van der Waals surface area contributed by atoms with Crippen LogP contribution in [0.15, 0.2) is 89.5 Å². The molecular formula is C31H28BrClN6O. The molecule has 0 radical (unpaired) electrons. The van der Waals surface area contributed by atoms with Crippen LogP contribution in [0, 0.1) is 0 Å². The van der Waals surface area contributed by atoms with Crippen LogP contribution in [0.25, 0.3) is 16.9 Å². The number of para-hydroxylation sites is 1. The highest BCUT2D eigenvalue weighted by atomic mass is 79.9. The van der Waals surface area contributed by atoms with E-state index in [1.807, 2.05) is 53.4 Å². The van der Waals surface area contributed by atoms with Gasteiger partial charge in [-0.05, 0) is 57.9 Å². The molecule has 0 atom stereocenters. The molecule has 1 aliphatic rings. The molecule has 1 amide bonds. The molecule has 2 aromatic heterocycles. The minimum absolute atomic E-state index is 0.0917. The maximum atomic E-state index is 14.0. The number of amides is 1. The summed E-state index contributed by atoms with van der Waals surface area (Å²) < 4.78 is 2.40. The number of nitrogens with zero attached hydrogens (tertiary/aromatic N) is 4. The van der Waals surface area contributed by atoms with Crippen LogP contribution in [0.3, 0.4) is 0 Å². The van der Waals surface area contributed by atoms with E-state index in [0.717, 1.165) is 28.4 Å². The first kappa shape index (κ1) is 26.5. The van der Waals surface area contributed by atoms with Crippen molar-refractivity contribution < 1.29 is 4.79 Å². The van der Waals surface area contributed by atoms with Crippen molar-refractivity contribution in [3.8, 4) is 11.3 Å². The minimum atomic E-state index is -0.0917. The molecule has 0 aliphatic carbocycles. The lowest BCUT2D eigenvalue weighted by Crippen LogP contribution is -2.38. The number of aromatic nitrogens is 3. The first-order chi connectivity index (χ1) is 19.5. The lowest BCUT2D eigenvalue weighted by atomic mass is 9.89. The Morgan fingerprint density at radius 1 is 1.00 bits per heavy atom. The van der Waals surface area contributed by atoms with Gasteiger partial charge in [0.05, 0.1) is 15.2 Å². The van der Waals surface area contributed by atoms with Gasteiger partial charge >= 0.3 is 0 Å². The average molecular weight is 616 g/mol. The standard InChI is InChI=1S/C31H28BrClN6O/c32-27-28(23-11-5-4-10-22(23)18-34)37-39-29(36-26-13-7-6-12-25(26)33)24(19-35-30(27)39)31(40)38-16-14-21(15-17-38)20-8-2-1-3-9-20/h1-13,19,21,36H,14-18,34H2. The minimum Gasteiger partial charge on any atom is -0.338 e. The molecule has 6 rings (SSSR count). The summed E-state index contributed by atoms with van der Waals surface area (Å²) in [5, 5.41) is 8.86. The molecule has 3 N–H and O–H groups in total. The van der Waals surface area contributed by atoms with Gasteiger partial charge in [-0.25, -0.2) is 4.98 Å². The van der Waals surface area contributed by atoms with E-state index in [4.69, 9.17) is 22.4 Å². The number of halogens is 2. The van der Waals surface area contributed by atoms with E-state index in [-0.39, 0.29) is 5.91 Å². The topological polar surface area (TPSA) is 88.5 Å². The zero-order valence-electron chi connectivity index (χ0n) is 21.7. The smallest absolute Gasteiger partial charge is 0.259 e. The number of carbonyl (C=O) groups excluding carboxylic acids is 1. The van der Waals surface area contributed by atoms with Gasteiger partial charge in [0.1, 0.15) is 17.1 Å². The number of rotatable bonds is 6. The predicted octanol–water partition coefficient (Wildman–Crippen LogP) is 7.03. The molecular weight excluding hydrogens is 588 g/mol. The Balaban J connectivity index is 1.41. The monoisotopic (exact) mass is 614 g/mol. The number of hydrogen-bond acceptors (Lipinski definition) is 5. The van der Waals surface area contributed by atoms with Crippen molar-refractivity contribution in [2.24, 2.45) is 5.73 Å². The highest BCUT2D eigenvalue weighted by molar-refractivity contribution is 9.10. The van der Waals surface area contributed by atoms with Crippen LogP contribution in [0.4, 0.5) is 11.5 Å². The van der Waals surface area contributed by atoms with Crippen molar-refractivity contribution in [2.45, 2.75) is 25.3 Å². The molecule has 1 fully saturated rings. The second-order valence-electron chi connectivity index (χ2n) is 9.86. The Morgan fingerprint density at radius 3 is 2.45 bits per heavy atom. The van der Waals surface area contributed by atoms with Gasteiger partial charge in [0.15, 0.2) is 5.65 Å². The average Bonchev–Trinajstić information content (AvgIpc) is 3.35. The van der Waals surface area contributed by atoms with Crippen LogP contribution in [0.5, 0.6) is 0 Å². The first-order valence-electron chi connectivity index (χ1n) is 13.3. The van der Waals surface area contributed by atoms with E-state index in [2.05, 4.69) is 50.5 Å². The normalized spacial score (nSPS) is 14.0. The van der Waals surface area contributed by atoms with Crippen molar-refractivity contribution in [3.63, 3.8) is 0 Å². The maximum Gasteiger partial charge on any atom is 0.259 e. The maximum absolute atomic E-state index is 14.0. The Labute approximate surface area is 246 Å². The molecule has 3 aromatic carbocycles. The van der Waals surface area contributed by atoms with Gasteiger partial charge in [-0.15, -0.1) is 0 Å². The molecule has 9 heteroatoms. The summed E-state index contributed by atoms with van der Waals surface area (Å²) >= 11 is 10.2. The van der Waals surface area contributed by atoms with Crippen LogP contribution >= 0.6 is 27.5 Å². The van der Waals surface area contributed by atoms with Gasteiger partial charge in [0.25, 0.3) is 5.91 Å². The van der Waals surface area contributed by atoms with Crippen molar-refractivity contribution in [2.75, 3.05) is 18.4 Å². The first-order valence-corrected chi connectivity index (χ1v) is 14.4. The summed E-state index contributed by atoms with van der Waals surface area (Å²) in [6, 6.07) is 25.8. The number of anilines is 2. The second kappa shape index (κ2) is 11.4. The Hall–Kier alpha value is -3.72. The van der Waals surface area contributed by atoms with Gasteiger partial charge in [0.2, 0.25) is 0 Å². The summed E-state index contributed by atoms with van der Waals surface area (Å²) in [7, 11) is 0. The summed E-state index contributed by atoms with van der Waals surface area (Å²) in [6.45, 7) is 1.71. The molecule has 1 aliphatic heterocycles. The number of benzene rings is 3. The largest absolute Gasteiger partial charge is 0.338 e. The van der Waals surface area contributed by atoms with E-state index in [9.17, 15) is 4.79 Å². The van der Waals surface area contributed by atoms with E-state index in [1.54, 1.807) is 16.8 Å². The van der Waals surface area contributed by atoms with Crippen LogP contribution < -0.4 is 11.1 Å². The fourth-order valence-electron chi connectivity index (χ4n) is 5.34. The molecule has 3 heterocycles. The van der Waals surface area contributed by atoms with Crippen molar-refractivity contribution in [1.82, 2.24) is 19.5 Å². The third kappa shape index (κ3) is 4.98. The van der Waals surface area contributed by atoms with Gasteiger partial charge in [0, 0.05) is 31.4 Å². The Morgan fingerprint density at radius 2 is 1.70 bits per heavy atom. The second-order valence-corrected chi connectivity index (χ2v) is 11.1. The zero-order chi connectivity index (χ0) is 27.6. The summed E-state index contributed by atoms with van der Waals surface area (Å²) in [4.78, 5) is 20.6. The van der Waals surface area contributed by atoms with E-state index in [1.165, 1.54) is 5.56 Å². The lowest BCUT2D eigenvalue weighted by Gasteiger charge is -2.32. The molecule has 1 saturated heterocycles. The fourth-order valence-corrected chi connectivity index (χ4v) is 6.08. The lowest BCUT2D eigenvalue weighted by molar-refractivity contribution is 0.0713. The van der Waals surface area contributed by atoms with Crippen LogP contribution in [-0.4, -0.2) is 38.5 Å². The number of fused-ring (bicyclic) bond motifs is 1. The van der Waals surface area contributed by atoms with Gasteiger partial charge in [-0.3, -0.25) is 4.79 Å². The van der Waals surface area contributed by atoms with Crippen LogP contribution in [-0.2, 0) is 6.54 Å². The van der Waals surface area contributed by atoms with Crippen molar-refractivity contribution in [1.29, 1.82) is 0 Å². The number of nitrogens with one attached hydrogen (secondary N) is 1. The van der Waals surface area contributed by atoms with Crippen LogP contribution in [0.2, 0.25) is 5.02 Å². The molecule has 40 heavy (non-hydrogen) atoms. The van der Waals surface area contributed by atoms with Crippen molar-refractivity contribution in [3.05, 3.63) is 111 Å². The molecule has 5 aromatic rings. The van der Waals surface area contributed by atoms with E-state index in [0.29, 0.717) is 59.0 Å². The molecule has 0 saturated carbocycles. The van der Waals surface area contributed by atoms with Crippen LogP contribution in [0.1, 0.15) is 40.2 Å². The van der Waals surface area contributed by atoms with Gasteiger partial charge < -0.3 is 16.0 Å². The van der Waals surface area contributed by atoms with Crippen molar-refractivity contribution >= 4 is 50.6 Å². The number of likely N-dealkylation sites (tertiary alicyclic amines) is 1. The third-order valence-electron chi connectivity index (χ3n) is 7.49. The Bertz CT molecular complexity index is 1680. The number of carbonyl (C=O) groups is 1. The molecule has 7 nitrogen and oxygen atoms in total. The summed E-state index contributed by atoms with van der Waals surface area (Å²) in [5.74, 6) is 0.857. The van der Waals surface area contributed by atoms with E-state index < -0.39 is 0 Å². The summed E-state index contributed by atoms with van der Waals surface area (Å²) in [6.07, 6.45) is 3.45. The summed E-state index contributed by atoms with van der Waals surface area (Å²) in [5.41, 5.74) is 11.6. The van der Waals surface area contributed by atoms with Gasteiger partial charge in [-0.2, -0.15) is 9.61 Å². The quantitative estimate of drug-likeness (QED) is 0.214. The van der Waals surface area contributed by atoms with E-state index >= 15 is 0 Å². The fraction of sp³-hybridized carbons (Fsp3) is 0.194. The highest BCUT2D eigenvalue weighted by Crippen LogP contribution is 2.36. The molecule has 0 bridgehead atoms. The Kier molecular flexibility index (Phi) is 7.56. The molecule has 202 valence electrons. The molecule has 0 spiro atoms. The predicted molar refractivity (Wildman–Crippen MR) is 163 cm³/mol. The highest BCUT2D eigenvalue weighted by Gasteiger charge is 2.29. The molecule has 0 unspecified atom stereocenters. The SMILES string of the molecule is NCc1ccccc1-c1nn2c(Nc3ccccc3Cl)c(C(=O)N3CCC(c4ccccc4)CC3)cnc2c1Br. The number of piperidine rings is 1. The zero-order valence-corrected chi connectivity index (χ0v) is 24.1. The number of hydrogen-bond donors (Lipinski definition) is 2. The van der Waals surface area contributed by atoms with Gasteiger partial charge in [-0.1, -0.05) is 78.3 Å².